The van der Waals surface area contributed by atoms with Gasteiger partial charge in [0.1, 0.15) is 5.37 Å². The Morgan fingerprint density at radius 2 is 1.75 bits per heavy atom. The average molecular weight is 182 g/mol. The van der Waals surface area contributed by atoms with Crippen molar-refractivity contribution in [3.05, 3.63) is 35.9 Å². The van der Waals surface area contributed by atoms with Crippen molar-refractivity contribution < 1.29 is 13.2 Å². The molecule has 0 aromatic heterocycles. The molecule has 0 aliphatic carbocycles. The van der Waals surface area contributed by atoms with Crippen molar-refractivity contribution in [2.24, 2.45) is 0 Å². The molecule has 0 unspecified atom stereocenters. The first-order valence-corrected chi connectivity index (χ1v) is 4.36. The first-order valence-electron chi connectivity index (χ1n) is 3.22. The lowest BCUT2D eigenvalue weighted by Crippen LogP contribution is -1.99. The van der Waals surface area contributed by atoms with Crippen LogP contribution in [0.1, 0.15) is 10.4 Å². The summed E-state index contributed by atoms with van der Waals surface area (Å²) in [5, 5.41) is 0.648. The van der Waals surface area contributed by atoms with E-state index in [0.717, 1.165) is 0 Å². The van der Waals surface area contributed by atoms with Gasteiger partial charge < -0.3 is 0 Å². The maximum atomic E-state index is 11.0. The molecular formula is C8H6O3S. The highest BCUT2D eigenvalue weighted by Crippen LogP contribution is 1.97. The molecule has 0 saturated carbocycles. The molecule has 0 radical (unpaired) electrons. The minimum absolute atomic E-state index is 0.377. The second-order valence-corrected chi connectivity index (χ2v) is 2.87. The van der Waals surface area contributed by atoms with Gasteiger partial charge >= 0.3 is 0 Å². The number of hydrogen-bond acceptors (Lipinski definition) is 3. The second-order valence-electron chi connectivity index (χ2n) is 2.11. The molecule has 62 valence electrons. The van der Waals surface area contributed by atoms with E-state index in [-0.39, 0.29) is 0 Å². The van der Waals surface area contributed by atoms with Gasteiger partial charge in [-0.1, -0.05) is 30.3 Å². The summed E-state index contributed by atoms with van der Waals surface area (Å²) in [6, 6.07) is 8.23. The van der Waals surface area contributed by atoms with Crippen molar-refractivity contribution in [3.8, 4) is 0 Å². The number of benzene rings is 1. The quantitative estimate of drug-likeness (QED) is 0.495. The Morgan fingerprint density at radius 1 is 1.17 bits per heavy atom. The zero-order chi connectivity index (χ0) is 8.97. The van der Waals surface area contributed by atoms with Crippen molar-refractivity contribution in [3.63, 3.8) is 0 Å². The summed E-state index contributed by atoms with van der Waals surface area (Å²) in [5.41, 5.74) is 0.377. The van der Waals surface area contributed by atoms with Gasteiger partial charge in [0.2, 0.25) is 16.1 Å². The fourth-order valence-corrected chi connectivity index (χ4v) is 1.07. The zero-order valence-electron chi connectivity index (χ0n) is 6.10. The summed E-state index contributed by atoms with van der Waals surface area (Å²) >= 11 is 0. The van der Waals surface area contributed by atoms with Crippen LogP contribution in [0.3, 0.4) is 0 Å². The van der Waals surface area contributed by atoms with E-state index < -0.39 is 16.1 Å². The molecule has 0 saturated heterocycles. The molecule has 0 N–H and O–H groups in total. The van der Waals surface area contributed by atoms with Crippen LogP contribution in [0, 0.1) is 0 Å². The molecule has 0 atom stereocenters. The van der Waals surface area contributed by atoms with Crippen LogP contribution in [-0.4, -0.2) is 19.6 Å². The van der Waals surface area contributed by atoms with Gasteiger partial charge in [-0.25, -0.2) is 0 Å². The number of hydrogen-bond donors (Lipinski definition) is 0. The molecule has 1 aromatic rings. The topological polar surface area (TPSA) is 51.2 Å². The lowest BCUT2D eigenvalue weighted by atomic mass is 10.2. The van der Waals surface area contributed by atoms with E-state index in [4.69, 9.17) is 0 Å². The summed E-state index contributed by atoms with van der Waals surface area (Å²) in [6.07, 6.45) is 0. The first-order chi connectivity index (χ1) is 5.70. The van der Waals surface area contributed by atoms with E-state index in [9.17, 15) is 13.2 Å². The molecule has 1 aromatic carbocycles. The van der Waals surface area contributed by atoms with Crippen molar-refractivity contribution in [1.82, 2.24) is 0 Å². The van der Waals surface area contributed by atoms with Gasteiger partial charge in [-0.2, -0.15) is 8.42 Å². The third-order valence-corrected chi connectivity index (χ3v) is 1.67. The molecule has 0 aliphatic rings. The minimum Gasteiger partial charge on any atom is -0.288 e. The molecule has 12 heavy (non-hydrogen) atoms. The second kappa shape index (κ2) is 3.82. The number of carbonyl (C=O) groups excluding carboxylic acids is 1. The fraction of sp³-hybridized carbons (Fsp3) is 0. The molecule has 1 rings (SSSR count). The highest BCUT2D eigenvalue weighted by atomic mass is 32.2. The van der Waals surface area contributed by atoms with Crippen molar-refractivity contribution >= 4 is 21.4 Å². The van der Waals surface area contributed by atoms with E-state index in [2.05, 4.69) is 0 Å². The number of carbonyl (C=O) groups is 1. The fourth-order valence-electron chi connectivity index (χ4n) is 0.758. The number of rotatable bonds is 2. The molecule has 0 amide bonds. The van der Waals surface area contributed by atoms with Crippen LogP contribution >= 0.6 is 0 Å². The lowest BCUT2D eigenvalue weighted by Gasteiger charge is -1.89. The minimum atomic E-state index is -2.42. The molecule has 0 fully saturated rings. The van der Waals surface area contributed by atoms with Crippen LogP contribution in [0.15, 0.2) is 30.3 Å². The Bertz CT molecular complexity index is 395. The standard InChI is InChI=1S/C8H6O3S/c9-8(6-12(10)11)7-4-2-1-3-5-7/h1-6H. The van der Waals surface area contributed by atoms with Gasteiger partial charge in [0.25, 0.3) is 0 Å². The molecule has 4 heteroatoms. The Morgan fingerprint density at radius 3 is 2.25 bits per heavy atom. The van der Waals surface area contributed by atoms with Crippen LogP contribution in [0.25, 0.3) is 0 Å². The van der Waals surface area contributed by atoms with Crippen molar-refractivity contribution in [1.29, 1.82) is 0 Å². The summed E-state index contributed by atoms with van der Waals surface area (Å²) in [6.45, 7) is 0. The Labute approximate surface area is 71.2 Å². The monoisotopic (exact) mass is 182 g/mol. The molecular weight excluding hydrogens is 176 g/mol. The molecule has 0 aliphatic heterocycles. The SMILES string of the molecule is O=C(C=S(=O)=O)c1ccccc1. The highest BCUT2D eigenvalue weighted by molar-refractivity contribution is 7.73. The molecule has 3 nitrogen and oxygen atoms in total. The lowest BCUT2D eigenvalue weighted by molar-refractivity contribution is 0.107. The van der Waals surface area contributed by atoms with Gasteiger partial charge in [-0.15, -0.1) is 0 Å². The third kappa shape index (κ3) is 2.32. The van der Waals surface area contributed by atoms with E-state index in [1.807, 2.05) is 0 Å². The maximum absolute atomic E-state index is 11.0. The Kier molecular flexibility index (Phi) is 2.76. The smallest absolute Gasteiger partial charge is 0.218 e. The van der Waals surface area contributed by atoms with Crippen LogP contribution in [0.4, 0.5) is 0 Å². The normalized spacial score (nSPS) is 9.00. The molecule has 0 bridgehead atoms. The van der Waals surface area contributed by atoms with Gasteiger partial charge in [0.15, 0.2) is 0 Å². The number of Topliss-reactive ketones (excluding diaryl/α,β-unsaturated/α-hetero) is 1. The Hall–Kier alpha value is -1.42. The van der Waals surface area contributed by atoms with Crippen LogP contribution in [0.2, 0.25) is 0 Å². The van der Waals surface area contributed by atoms with E-state index in [0.29, 0.717) is 10.9 Å². The molecule has 0 spiro atoms. The summed E-state index contributed by atoms with van der Waals surface area (Å²) in [4.78, 5) is 11.0. The molecule has 0 heterocycles. The van der Waals surface area contributed by atoms with E-state index in [1.54, 1.807) is 30.3 Å². The predicted molar refractivity (Wildman–Crippen MR) is 45.8 cm³/mol. The summed E-state index contributed by atoms with van der Waals surface area (Å²) < 4.78 is 20.2. The Balaban J connectivity index is 3.02. The van der Waals surface area contributed by atoms with Gasteiger partial charge in [0, 0.05) is 5.56 Å². The average Bonchev–Trinajstić information content (AvgIpc) is 2.05. The largest absolute Gasteiger partial charge is 0.288 e. The van der Waals surface area contributed by atoms with Crippen LogP contribution in [-0.2, 0) is 10.3 Å². The maximum Gasteiger partial charge on any atom is 0.218 e. The van der Waals surface area contributed by atoms with Crippen molar-refractivity contribution in [2.75, 3.05) is 0 Å². The van der Waals surface area contributed by atoms with E-state index >= 15 is 0 Å². The predicted octanol–water partition coefficient (Wildman–Crippen LogP) is 0.551. The van der Waals surface area contributed by atoms with E-state index in [1.165, 1.54) is 0 Å². The number of ketones is 1. The van der Waals surface area contributed by atoms with Crippen LogP contribution in [0.5, 0.6) is 0 Å². The first kappa shape index (κ1) is 8.67. The van der Waals surface area contributed by atoms with Gasteiger partial charge in [-0.05, 0) is 0 Å². The summed E-state index contributed by atoms with van der Waals surface area (Å²) in [5.74, 6) is -0.496. The van der Waals surface area contributed by atoms with Gasteiger partial charge in [-0.3, -0.25) is 4.79 Å². The van der Waals surface area contributed by atoms with Crippen molar-refractivity contribution in [2.45, 2.75) is 0 Å². The zero-order valence-corrected chi connectivity index (χ0v) is 6.91. The van der Waals surface area contributed by atoms with Crippen LogP contribution < -0.4 is 0 Å². The van der Waals surface area contributed by atoms with Gasteiger partial charge in [0.05, 0.1) is 0 Å². The summed E-state index contributed by atoms with van der Waals surface area (Å²) in [7, 11) is -2.42. The highest BCUT2D eigenvalue weighted by Gasteiger charge is 1.99. The third-order valence-electron chi connectivity index (χ3n) is 1.26.